The van der Waals surface area contributed by atoms with Crippen molar-refractivity contribution in [2.75, 3.05) is 7.11 Å². The van der Waals surface area contributed by atoms with Gasteiger partial charge in [-0.1, -0.05) is 0 Å². The molecular weight excluding hydrogens is 180 g/mol. The molecule has 1 aromatic rings. The quantitative estimate of drug-likeness (QED) is 0.713. The predicted octanol–water partition coefficient (Wildman–Crippen LogP) is 1.46. The van der Waals surface area contributed by atoms with Gasteiger partial charge in [0.15, 0.2) is 0 Å². The van der Waals surface area contributed by atoms with E-state index in [1.807, 2.05) is 0 Å². The number of ether oxygens (including phenoxy) is 1. The van der Waals surface area contributed by atoms with E-state index in [1.165, 1.54) is 13.2 Å². The summed E-state index contributed by atoms with van der Waals surface area (Å²) < 4.78 is 4.91. The van der Waals surface area contributed by atoms with Gasteiger partial charge in [0, 0.05) is 18.1 Å². The van der Waals surface area contributed by atoms with Crippen molar-refractivity contribution in [2.45, 2.75) is 12.5 Å². The normalized spacial score (nSPS) is 11.8. The van der Waals surface area contributed by atoms with Crippen LogP contribution in [0.5, 0.6) is 11.5 Å². The summed E-state index contributed by atoms with van der Waals surface area (Å²) in [7, 11) is 1.51. The van der Waals surface area contributed by atoms with Gasteiger partial charge in [0.2, 0.25) is 0 Å². The summed E-state index contributed by atoms with van der Waals surface area (Å²) in [6, 6.07) is 4.69. The van der Waals surface area contributed by atoms with Crippen LogP contribution >= 0.6 is 0 Å². The number of methoxy groups -OCH3 is 1. The van der Waals surface area contributed by atoms with E-state index in [0.29, 0.717) is 11.3 Å². The van der Waals surface area contributed by atoms with Crippen LogP contribution in [0.4, 0.5) is 0 Å². The van der Waals surface area contributed by atoms with Gasteiger partial charge in [-0.3, -0.25) is 0 Å². The molecule has 0 aromatic heterocycles. The first-order chi connectivity index (χ1) is 6.69. The fourth-order valence-electron chi connectivity index (χ4n) is 1.15. The van der Waals surface area contributed by atoms with E-state index in [0.717, 1.165) is 0 Å². The molecule has 0 aliphatic rings. The third-order valence-corrected chi connectivity index (χ3v) is 1.91. The van der Waals surface area contributed by atoms with Gasteiger partial charge >= 0.3 is 0 Å². The molecule has 0 amide bonds. The van der Waals surface area contributed by atoms with Crippen molar-refractivity contribution < 1.29 is 14.9 Å². The fraction of sp³-hybridized carbons (Fsp3) is 0.273. The van der Waals surface area contributed by atoms with Crippen molar-refractivity contribution in [1.29, 1.82) is 0 Å². The maximum Gasteiger partial charge on any atom is 0.125 e. The molecule has 1 rings (SSSR count). The number of aliphatic hydroxyl groups is 1. The van der Waals surface area contributed by atoms with Crippen LogP contribution in [0.15, 0.2) is 18.2 Å². The second kappa shape index (κ2) is 4.54. The zero-order valence-electron chi connectivity index (χ0n) is 7.90. The number of benzene rings is 1. The van der Waals surface area contributed by atoms with Crippen LogP contribution in [0.3, 0.4) is 0 Å². The maximum absolute atomic E-state index is 9.52. The fourth-order valence-corrected chi connectivity index (χ4v) is 1.15. The minimum absolute atomic E-state index is 0.00731. The molecule has 74 valence electrons. The zero-order valence-corrected chi connectivity index (χ0v) is 7.90. The molecule has 1 aromatic carbocycles. The summed E-state index contributed by atoms with van der Waals surface area (Å²) in [5.41, 5.74) is 0.420. The lowest BCUT2D eigenvalue weighted by atomic mass is 10.1. The van der Waals surface area contributed by atoms with Crippen molar-refractivity contribution in [2.24, 2.45) is 0 Å². The van der Waals surface area contributed by atoms with Gasteiger partial charge in [0.1, 0.15) is 11.5 Å². The predicted molar refractivity (Wildman–Crippen MR) is 53.1 cm³/mol. The van der Waals surface area contributed by atoms with Crippen molar-refractivity contribution >= 4 is 0 Å². The molecule has 14 heavy (non-hydrogen) atoms. The van der Waals surface area contributed by atoms with Gasteiger partial charge in [-0.15, -0.1) is 12.3 Å². The standard InChI is InChI=1S/C11H12O3/c1-3-4-10(12)9-6-5-8(14-2)7-11(9)13/h1,5-7,10,12-13H,4H2,2H3. The second-order valence-corrected chi connectivity index (χ2v) is 2.85. The largest absolute Gasteiger partial charge is 0.507 e. The Hall–Kier alpha value is -1.66. The summed E-state index contributed by atoms with van der Waals surface area (Å²) in [6.45, 7) is 0. The smallest absolute Gasteiger partial charge is 0.125 e. The Morgan fingerprint density at radius 3 is 2.79 bits per heavy atom. The number of phenolic OH excluding ortho intramolecular Hbond substituents is 1. The molecular formula is C11H12O3. The Kier molecular flexibility index (Phi) is 3.38. The van der Waals surface area contributed by atoms with E-state index in [4.69, 9.17) is 11.2 Å². The van der Waals surface area contributed by atoms with Crippen molar-refractivity contribution in [3.63, 3.8) is 0 Å². The minimum atomic E-state index is -0.828. The molecule has 0 aliphatic carbocycles. The van der Waals surface area contributed by atoms with Crippen molar-refractivity contribution in [3.8, 4) is 23.8 Å². The number of aromatic hydroxyl groups is 1. The summed E-state index contributed by atoms with van der Waals surface area (Å²) in [4.78, 5) is 0. The summed E-state index contributed by atoms with van der Waals surface area (Å²) in [6.07, 6.45) is 4.41. The molecule has 3 nitrogen and oxygen atoms in total. The van der Waals surface area contributed by atoms with Crippen LogP contribution in [-0.2, 0) is 0 Å². The lowest BCUT2D eigenvalue weighted by molar-refractivity contribution is 0.180. The van der Waals surface area contributed by atoms with E-state index < -0.39 is 6.10 Å². The highest BCUT2D eigenvalue weighted by Gasteiger charge is 2.11. The highest BCUT2D eigenvalue weighted by molar-refractivity contribution is 5.41. The average molecular weight is 192 g/mol. The third-order valence-electron chi connectivity index (χ3n) is 1.91. The molecule has 0 saturated carbocycles. The molecule has 0 heterocycles. The van der Waals surface area contributed by atoms with E-state index in [1.54, 1.807) is 12.1 Å². The van der Waals surface area contributed by atoms with E-state index >= 15 is 0 Å². The Labute approximate surface area is 83.0 Å². The van der Waals surface area contributed by atoms with E-state index in [2.05, 4.69) is 5.92 Å². The molecule has 0 spiro atoms. The van der Waals surface area contributed by atoms with Crippen LogP contribution in [0, 0.1) is 12.3 Å². The average Bonchev–Trinajstić information content (AvgIpc) is 2.17. The van der Waals surface area contributed by atoms with Gasteiger partial charge in [-0.2, -0.15) is 0 Å². The molecule has 0 aliphatic heterocycles. The number of hydrogen-bond donors (Lipinski definition) is 2. The summed E-state index contributed by atoms with van der Waals surface area (Å²) in [5.74, 6) is 2.86. The van der Waals surface area contributed by atoms with Crippen LogP contribution in [0.25, 0.3) is 0 Å². The first-order valence-electron chi connectivity index (χ1n) is 4.17. The number of hydrogen-bond acceptors (Lipinski definition) is 3. The first kappa shape index (κ1) is 10.4. The Balaban J connectivity index is 2.94. The molecule has 3 heteroatoms. The van der Waals surface area contributed by atoms with Crippen LogP contribution in [0.2, 0.25) is 0 Å². The Morgan fingerprint density at radius 2 is 2.29 bits per heavy atom. The lowest BCUT2D eigenvalue weighted by Crippen LogP contribution is -1.96. The van der Waals surface area contributed by atoms with Crippen molar-refractivity contribution in [3.05, 3.63) is 23.8 Å². The molecule has 1 atom stereocenters. The minimum Gasteiger partial charge on any atom is -0.507 e. The number of terminal acetylenes is 1. The van der Waals surface area contributed by atoms with Crippen LogP contribution < -0.4 is 4.74 Å². The first-order valence-corrected chi connectivity index (χ1v) is 4.17. The van der Waals surface area contributed by atoms with Gasteiger partial charge in [0.05, 0.1) is 13.2 Å². The van der Waals surface area contributed by atoms with Gasteiger partial charge in [-0.05, 0) is 12.1 Å². The summed E-state index contributed by atoms with van der Waals surface area (Å²) in [5, 5.41) is 19.0. The monoisotopic (exact) mass is 192 g/mol. The second-order valence-electron chi connectivity index (χ2n) is 2.85. The highest BCUT2D eigenvalue weighted by atomic mass is 16.5. The molecule has 1 unspecified atom stereocenters. The van der Waals surface area contributed by atoms with E-state index in [-0.39, 0.29) is 12.2 Å². The van der Waals surface area contributed by atoms with Crippen LogP contribution in [0.1, 0.15) is 18.1 Å². The van der Waals surface area contributed by atoms with Gasteiger partial charge in [0.25, 0.3) is 0 Å². The number of rotatable bonds is 3. The highest BCUT2D eigenvalue weighted by Crippen LogP contribution is 2.29. The number of phenols is 1. The zero-order chi connectivity index (χ0) is 10.6. The third kappa shape index (κ3) is 2.18. The molecule has 2 N–H and O–H groups in total. The molecule has 0 radical (unpaired) electrons. The van der Waals surface area contributed by atoms with Crippen LogP contribution in [-0.4, -0.2) is 17.3 Å². The lowest BCUT2D eigenvalue weighted by Gasteiger charge is -2.10. The maximum atomic E-state index is 9.52. The Bertz CT molecular complexity index is 352. The van der Waals surface area contributed by atoms with Gasteiger partial charge < -0.3 is 14.9 Å². The molecule has 0 saturated heterocycles. The topological polar surface area (TPSA) is 49.7 Å². The summed E-state index contributed by atoms with van der Waals surface area (Å²) >= 11 is 0. The van der Waals surface area contributed by atoms with E-state index in [9.17, 15) is 10.2 Å². The van der Waals surface area contributed by atoms with Gasteiger partial charge in [-0.25, -0.2) is 0 Å². The Morgan fingerprint density at radius 1 is 1.57 bits per heavy atom. The molecule has 0 bridgehead atoms. The SMILES string of the molecule is C#CCC(O)c1ccc(OC)cc1O. The number of aliphatic hydroxyl groups excluding tert-OH is 1. The van der Waals surface area contributed by atoms with Crippen molar-refractivity contribution in [1.82, 2.24) is 0 Å². The molecule has 0 fully saturated rings.